The number of rotatable bonds is 1. The van der Waals surface area contributed by atoms with Crippen molar-refractivity contribution < 1.29 is 0 Å². The number of anilines is 1. The van der Waals surface area contributed by atoms with Crippen LogP contribution in [0.2, 0.25) is 0 Å². The zero-order chi connectivity index (χ0) is 9.42. The molecule has 0 aromatic carbocycles. The number of nitrogens with two attached hydrogens (primary N) is 2. The van der Waals surface area contributed by atoms with Crippen LogP contribution >= 0.6 is 0 Å². The van der Waals surface area contributed by atoms with E-state index in [0.717, 1.165) is 22.7 Å². The summed E-state index contributed by atoms with van der Waals surface area (Å²) < 4.78 is 1.94. The number of aromatic nitrogens is 2. The Kier molecular flexibility index (Phi) is 1.70. The van der Waals surface area contributed by atoms with E-state index in [1.54, 1.807) is 0 Å². The number of aryl methyl sites for hydroxylation is 1. The van der Waals surface area contributed by atoms with Gasteiger partial charge in [-0.3, -0.25) is 0 Å². The van der Waals surface area contributed by atoms with Crippen LogP contribution in [-0.4, -0.2) is 9.38 Å². The van der Waals surface area contributed by atoms with Gasteiger partial charge in [-0.15, -0.1) is 0 Å². The summed E-state index contributed by atoms with van der Waals surface area (Å²) in [5.74, 6) is 0. The van der Waals surface area contributed by atoms with Gasteiger partial charge in [0.25, 0.3) is 0 Å². The molecule has 0 atom stereocenters. The Bertz CT molecular complexity index is 444. The lowest BCUT2D eigenvalue weighted by Gasteiger charge is -1.99. The minimum absolute atomic E-state index is 0.483. The number of fused-ring (bicyclic) bond motifs is 1. The summed E-state index contributed by atoms with van der Waals surface area (Å²) >= 11 is 0. The highest BCUT2D eigenvalue weighted by molar-refractivity contribution is 5.50. The normalized spacial score (nSPS) is 10.9. The smallest absolute Gasteiger partial charge is 0.137 e. The fourth-order valence-corrected chi connectivity index (χ4v) is 1.47. The lowest BCUT2D eigenvalue weighted by atomic mass is 10.3. The van der Waals surface area contributed by atoms with Gasteiger partial charge in [-0.05, 0) is 19.1 Å². The Balaban J connectivity index is 2.80. The highest BCUT2D eigenvalue weighted by Crippen LogP contribution is 2.13. The first-order chi connectivity index (χ1) is 6.22. The molecule has 13 heavy (non-hydrogen) atoms. The molecular weight excluding hydrogens is 164 g/mol. The summed E-state index contributed by atoms with van der Waals surface area (Å²) in [6.45, 7) is 2.43. The van der Waals surface area contributed by atoms with E-state index in [2.05, 4.69) is 4.98 Å². The van der Waals surface area contributed by atoms with Crippen molar-refractivity contribution in [2.45, 2.75) is 13.5 Å². The first-order valence-corrected chi connectivity index (χ1v) is 4.15. The fraction of sp³-hybridized carbons (Fsp3) is 0.222. The predicted molar refractivity (Wildman–Crippen MR) is 52.2 cm³/mol. The molecule has 0 saturated carbocycles. The van der Waals surface area contributed by atoms with Gasteiger partial charge in [-0.25, -0.2) is 4.98 Å². The Morgan fingerprint density at radius 1 is 1.46 bits per heavy atom. The summed E-state index contributed by atoms with van der Waals surface area (Å²) in [5, 5.41) is 0. The van der Waals surface area contributed by atoms with Crippen molar-refractivity contribution in [1.29, 1.82) is 0 Å². The summed E-state index contributed by atoms with van der Waals surface area (Å²) in [7, 11) is 0. The van der Waals surface area contributed by atoms with E-state index in [1.165, 1.54) is 0 Å². The molecule has 0 radical (unpaired) electrons. The molecule has 68 valence electrons. The van der Waals surface area contributed by atoms with Crippen molar-refractivity contribution in [3.05, 3.63) is 29.7 Å². The van der Waals surface area contributed by atoms with E-state index in [4.69, 9.17) is 11.5 Å². The zero-order valence-corrected chi connectivity index (χ0v) is 7.49. The van der Waals surface area contributed by atoms with Crippen LogP contribution in [0.3, 0.4) is 0 Å². The predicted octanol–water partition coefficient (Wildman–Crippen LogP) is 0.684. The highest BCUT2D eigenvalue weighted by atomic mass is 15.0. The third-order valence-electron chi connectivity index (χ3n) is 2.13. The molecule has 0 spiro atoms. The van der Waals surface area contributed by atoms with Crippen LogP contribution in [0.5, 0.6) is 0 Å². The third kappa shape index (κ3) is 1.15. The molecule has 4 N–H and O–H groups in total. The maximum absolute atomic E-state index is 5.67. The highest BCUT2D eigenvalue weighted by Gasteiger charge is 2.05. The van der Waals surface area contributed by atoms with Crippen LogP contribution in [0, 0.1) is 6.92 Å². The van der Waals surface area contributed by atoms with Crippen molar-refractivity contribution in [3.8, 4) is 0 Å². The fourth-order valence-electron chi connectivity index (χ4n) is 1.47. The van der Waals surface area contributed by atoms with Crippen LogP contribution in [0.4, 0.5) is 5.69 Å². The van der Waals surface area contributed by atoms with Gasteiger partial charge in [0.2, 0.25) is 0 Å². The summed E-state index contributed by atoms with van der Waals surface area (Å²) in [4.78, 5) is 4.35. The third-order valence-corrected chi connectivity index (χ3v) is 2.13. The second-order valence-electron chi connectivity index (χ2n) is 3.04. The number of hydrogen-bond donors (Lipinski definition) is 2. The van der Waals surface area contributed by atoms with Crippen LogP contribution < -0.4 is 11.5 Å². The number of hydrogen-bond acceptors (Lipinski definition) is 3. The lowest BCUT2D eigenvalue weighted by molar-refractivity contribution is 0.945. The molecule has 0 saturated heterocycles. The minimum Gasteiger partial charge on any atom is -0.398 e. The molecule has 4 heteroatoms. The maximum Gasteiger partial charge on any atom is 0.137 e. The molecule has 0 fully saturated rings. The molecule has 2 heterocycles. The van der Waals surface area contributed by atoms with Crippen LogP contribution in [0.1, 0.15) is 11.4 Å². The number of nitrogens with zero attached hydrogens (tertiary/aromatic N) is 2. The molecular formula is C9H12N4. The molecule has 2 aromatic rings. The van der Waals surface area contributed by atoms with Crippen LogP contribution in [0.15, 0.2) is 18.3 Å². The second kappa shape index (κ2) is 2.74. The lowest BCUT2D eigenvalue weighted by Crippen LogP contribution is -2.02. The van der Waals surface area contributed by atoms with Gasteiger partial charge in [-0.2, -0.15) is 0 Å². The number of nitrogen functional groups attached to an aromatic ring is 1. The van der Waals surface area contributed by atoms with E-state index < -0.39 is 0 Å². The van der Waals surface area contributed by atoms with Crippen molar-refractivity contribution in [1.82, 2.24) is 9.38 Å². The maximum atomic E-state index is 5.67. The molecule has 0 bridgehead atoms. The second-order valence-corrected chi connectivity index (χ2v) is 3.04. The molecule has 2 aromatic heterocycles. The average molecular weight is 176 g/mol. The van der Waals surface area contributed by atoms with Gasteiger partial charge in [0, 0.05) is 18.4 Å². The molecule has 2 rings (SSSR count). The molecule has 0 aliphatic carbocycles. The van der Waals surface area contributed by atoms with E-state index in [-0.39, 0.29) is 0 Å². The quantitative estimate of drug-likeness (QED) is 0.671. The number of pyridine rings is 1. The van der Waals surface area contributed by atoms with Gasteiger partial charge < -0.3 is 15.9 Å². The van der Waals surface area contributed by atoms with Gasteiger partial charge >= 0.3 is 0 Å². The Hall–Kier alpha value is -1.55. The molecule has 0 aliphatic rings. The van der Waals surface area contributed by atoms with Crippen LogP contribution in [0.25, 0.3) is 5.65 Å². The van der Waals surface area contributed by atoms with Gasteiger partial charge in [-0.1, -0.05) is 0 Å². The van der Waals surface area contributed by atoms with Gasteiger partial charge in [0.15, 0.2) is 0 Å². The molecule has 0 unspecified atom stereocenters. The Labute approximate surface area is 76.2 Å². The van der Waals surface area contributed by atoms with E-state index in [9.17, 15) is 0 Å². The summed E-state index contributed by atoms with van der Waals surface area (Å²) in [6.07, 6.45) is 1.84. The average Bonchev–Trinajstić information content (AvgIpc) is 2.40. The largest absolute Gasteiger partial charge is 0.398 e. The first-order valence-electron chi connectivity index (χ1n) is 4.15. The minimum atomic E-state index is 0.483. The van der Waals surface area contributed by atoms with E-state index >= 15 is 0 Å². The summed E-state index contributed by atoms with van der Waals surface area (Å²) in [6, 6.07) is 3.73. The molecule has 0 aliphatic heterocycles. The van der Waals surface area contributed by atoms with E-state index in [0.29, 0.717) is 6.54 Å². The summed E-state index contributed by atoms with van der Waals surface area (Å²) in [5.41, 5.74) is 14.9. The van der Waals surface area contributed by atoms with Crippen molar-refractivity contribution in [2.75, 3.05) is 5.73 Å². The topological polar surface area (TPSA) is 69.3 Å². The first kappa shape index (κ1) is 8.07. The van der Waals surface area contributed by atoms with E-state index in [1.807, 2.05) is 29.7 Å². The Morgan fingerprint density at radius 2 is 2.23 bits per heavy atom. The van der Waals surface area contributed by atoms with Crippen molar-refractivity contribution in [2.24, 2.45) is 5.73 Å². The van der Waals surface area contributed by atoms with Gasteiger partial charge in [0.05, 0.1) is 11.4 Å². The SMILES string of the molecule is Cc1nc2ccc(N)cn2c1CN. The molecule has 0 amide bonds. The number of imidazole rings is 1. The van der Waals surface area contributed by atoms with Crippen LogP contribution in [-0.2, 0) is 6.54 Å². The van der Waals surface area contributed by atoms with Crippen molar-refractivity contribution >= 4 is 11.3 Å². The van der Waals surface area contributed by atoms with Gasteiger partial charge in [0.1, 0.15) is 5.65 Å². The standard InChI is InChI=1S/C9H12N4/c1-6-8(4-10)13-5-7(11)2-3-9(13)12-6/h2-3,5H,4,10-11H2,1H3. The van der Waals surface area contributed by atoms with Crippen molar-refractivity contribution in [3.63, 3.8) is 0 Å². The Morgan fingerprint density at radius 3 is 2.92 bits per heavy atom. The zero-order valence-electron chi connectivity index (χ0n) is 7.49. The molecule has 4 nitrogen and oxygen atoms in total. The monoisotopic (exact) mass is 176 g/mol.